The van der Waals surface area contributed by atoms with E-state index in [4.69, 9.17) is 4.74 Å². The predicted molar refractivity (Wildman–Crippen MR) is 126 cm³/mol. The zero-order valence-corrected chi connectivity index (χ0v) is 19.2. The second kappa shape index (κ2) is 11.5. The maximum absolute atomic E-state index is 5.48. The van der Waals surface area contributed by atoms with Gasteiger partial charge in [-0.1, -0.05) is 25.1 Å². The van der Waals surface area contributed by atoms with Crippen molar-refractivity contribution >= 4 is 47.0 Å². The Bertz CT molecular complexity index is 728. The Morgan fingerprint density at radius 2 is 1.78 bits per heavy atom. The lowest BCUT2D eigenvalue weighted by Crippen LogP contribution is -2.38. The first-order valence-electron chi connectivity index (χ1n) is 9.23. The van der Waals surface area contributed by atoms with Gasteiger partial charge < -0.3 is 20.3 Å². The van der Waals surface area contributed by atoms with E-state index in [1.54, 1.807) is 0 Å². The molecule has 2 heterocycles. The molecule has 0 aliphatic carbocycles. The van der Waals surface area contributed by atoms with Gasteiger partial charge in [-0.05, 0) is 30.2 Å². The fourth-order valence-corrected chi connectivity index (χ4v) is 3.95. The van der Waals surface area contributed by atoms with Gasteiger partial charge in [-0.15, -0.1) is 35.3 Å². The fourth-order valence-electron chi connectivity index (χ4n) is 3.05. The molecule has 5 nitrogen and oxygen atoms in total. The van der Waals surface area contributed by atoms with Crippen LogP contribution in [0.5, 0.6) is 0 Å². The third-order valence-electron chi connectivity index (χ3n) is 4.51. The number of nitrogens with one attached hydrogen (secondary N) is 2. The number of benzene rings is 1. The number of rotatable bonds is 6. The highest BCUT2D eigenvalue weighted by atomic mass is 127. The van der Waals surface area contributed by atoms with E-state index in [1.165, 1.54) is 21.0 Å². The SMILES string of the molecule is CCc1ccc(CNC(=NC)NCc2ccccc2N2CCOCC2)s1.I. The Hall–Kier alpha value is -1.32. The monoisotopic (exact) mass is 500 g/mol. The zero-order chi connectivity index (χ0) is 18.2. The van der Waals surface area contributed by atoms with Gasteiger partial charge in [0.1, 0.15) is 0 Å². The number of thiophene rings is 1. The normalized spacial score (nSPS) is 14.6. The lowest BCUT2D eigenvalue weighted by molar-refractivity contribution is 0.122. The average Bonchev–Trinajstić information content (AvgIpc) is 3.17. The average molecular weight is 500 g/mol. The summed E-state index contributed by atoms with van der Waals surface area (Å²) in [7, 11) is 1.81. The summed E-state index contributed by atoms with van der Waals surface area (Å²) in [5.41, 5.74) is 2.56. The third kappa shape index (κ3) is 6.36. The molecule has 1 aliphatic heterocycles. The van der Waals surface area contributed by atoms with Gasteiger partial charge in [0.05, 0.1) is 19.8 Å². The number of anilines is 1. The van der Waals surface area contributed by atoms with Gasteiger partial charge >= 0.3 is 0 Å². The number of guanidine groups is 1. The zero-order valence-electron chi connectivity index (χ0n) is 16.0. The van der Waals surface area contributed by atoms with Gasteiger partial charge in [-0.25, -0.2) is 0 Å². The Morgan fingerprint density at radius 1 is 1.07 bits per heavy atom. The standard InChI is InChI=1S/C20H28N4OS.HI/c1-3-17-8-9-18(26-17)15-23-20(21-2)22-14-16-6-4-5-7-19(16)24-10-12-25-13-11-24;/h4-9H,3,10-15H2,1-2H3,(H2,21,22,23);1H. The van der Waals surface area contributed by atoms with Crippen molar-refractivity contribution < 1.29 is 4.74 Å². The highest BCUT2D eigenvalue weighted by molar-refractivity contribution is 14.0. The van der Waals surface area contributed by atoms with Crippen LogP contribution in [-0.4, -0.2) is 39.3 Å². The van der Waals surface area contributed by atoms with Crippen LogP contribution in [0.15, 0.2) is 41.4 Å². The molecular weight excluding hydrogens is 471 g/mol. The molecule has 0 unspecified atom stereocenters. The predicted octanol–water partition coefficient (Wildman–Crippen LogP) is 3.63. The van der Waals surface area contributed by atoms with Gasteiger partial charge in [-0.2, -0.15) is 0 Å². The summed E-state index contributed by atoms with van der Waals surface area (Å²) in [6.07, 6.45) is 1.09. The molecule has 1 fully saturated rings. The molecule has 0 amide bonds. The van der Waals surface area contributed by atoms with Crippen molar-refractivity contribution in [3.8, 4) is 0 Å². The van der Waals surface area contributed by atoms with Crippen LogP contribution in [0.2, 0.25) is 0 Å². The van der Waals surface area contributed by atoms with Crippen molar-refractivity contribution in [1.29, 1.82) is 0 Å². The molecule has 0 spiro atoms. The van der Waals surface area contributed by atoms with Crippen molar-refractivity contribution in [2.24, 2.45) is 4.99 Å². The summed E-state index contributed by atoms with van der Waals surface area (Å²) in [4.78, 5) is 9.50. The number of para-hydroxylation sites is 1. The van der Waals surface area contributed by atoms with Crippen LogP contribution in [-0.2, 0) is 24.2 Å². The minimum atomic E-state index is 0. The van der Waals surface area contributed by atoms with Crippen LogP contribution in [0.25, 0.3) is 0 Å². The Balaban J connectivity index is 0.00000261. The fraction of sp³-hybridized carbons (Fsp3) is 0.450. The summed E-state index contributed by atoms with van der Waals surface area (Å²) in [6.45, 7) is 7.23. The van der Waals surface area contributed by atoms with Crippen molar-refractivity contribution in [1.82, 2.24) is 10.6 Å². The molecule has 2 N–H and O–H groups in total. The van der Waals surface area contributed by atoms with Crippen LogP contribution in [0.4, 0.5) is 5.69 Å². The van der Waals surface area contributed by atoms with E-state index in [0.717, 1.165) is 51.8 Å². The first kappa shape index (κ1) is 22.0. The topological polar surface area (TPSA) is 48.9 Å². The molecule has 1 saturated heterocycles. The molecule has 1 aliphatic rings. The number of nitrogens with zero attached hydrogens (tertiary/aromatic N) is 2. The molecule has 0 bridgehead atoms. The van der Waals surface area contributed by atoms with E-state index in [0.29, 0.717) is 0 Å². The smallest absolute Gasteiger partial charge is 0.191 e. The highest BCUT2D eigenvalue weighted by Gasteiger charge is 2.14. The lowest BCUT2D eigenvalue weighted by Gasteiger charge is -2.30. The van der Waals surface area contributed by atoms with Crippen LogP contribution < -0.4 is 15.5 Å². The molecule has 0 atom stereocenters. The second-order valence-corrected chi connectivity index (χ2v) is 7.48. The van der Waals surface area contributed by atoms with Crippen molar-refractivity contribution in [2.45, 2.75) is 26.4 Å². The van der Waals surface area contributed by atoms with Gasteiger partial charge in [0.15, 0.2) is 5.96 Å². The molecule has 1 aromatic heterocycles. The third-order valence-corrected chi connectivity index (χ3v) is 5.74. The Kier molecular flexibility index (Phi) is 9.36. The number of ether oxygens (including phenoxy) is 1. The van der Waals surface area contributed by atoms with Crippen LogP contribution in [0.1, 0.15) is 22.2 Å². The number of halogens is 1. The highest BCUT2D eigenvalue weighted by Crippen LogP contribution is 2.21. The molecule has 148 valence electrons. The maximum Gasteiger partial charge on any atom is 0.191 e. The molecule has 0 radical (unpaired) electrons. The second-order valence-electron chi connectivity index (χ2n) is 6.23. The molecule has 27 heavy (non-hydrogen) atoms. The lowest BCUT2D eigenvalue weighted by atomic mass is 10.1. The Labute approximate surface area is 183 Å². The van der Waals surface area contributed by atoms with Crippen molar-refractivity contribution in [3.63, 3.8) is 0 Å². The summed E-state index contributed by atoms with van der Waals surface area (Å²) in [5.74, 6) is 0.827. The molecule has 2 aromatic rings. The summed E-state index contributed by atoms with van der Waals surface area (Å²) in [6, 6.07) is 13.0. The maximum atomic E-state index is 5.48. The van der Waals surface area contributed by atoms with Crippen molar-refractivity contribution in [3.05, 3.63) is 51.7 Å². The number of hydrogen-bond acceptors (Lipinski definition) is 4. The van der Waals surface area contributed by atoms with E-state index >= 15 is 0 Å². The first-order valence-corrected chi connectivity index (χ1v) is 10.0. The molecule has 7 heteroatoms. The first-order chi connectivity index (χ1) is 12.8. The molecular formula is C20H29IN4OS. The van der Waals surface area contributed by atoms with E-state index in [9.17, 15) is 0 Å². The van der Waals surface area contributed by atoms with Gasteiger partial charge in [0.2, 0.25) is 0 Å². The number of hydrogen-bond donors (Lipinski definition) is 2. The van der Waals surface area contributed by atoms with Gasteiger partial charge in [-0.3, -0.25) is 4.99 Å². The van der Waals surface area contributed by atoms with E-state index in [-0.39, 0.29) is 24.0 Å². The van der Waals surface area contributed by atoms with Gasteiger partial charge in [0.25, 0.3) is 0 Å². The van der Waals surface area contributed by atoms with E-state index in [2.05, 4.69) is 63.8 Å². The summed E-state index contributed by atoms with van der Waals surface area (Å²) < 4.78 is 5.48. The minimum absolute atomic E-state index is 0. The molecule has 3 rings (SSSR count). The van der Waals surface area contributed by atoms with Gasteiger partial charge in [0, 0.05) is 42.1 Å². The quantitative estimate of drug-likeness (QED) is 0.362. The minimum Gasteiger partial charge on any atom is -0.378 e. The van der Waals surface area contributed by atoms with Crippen LogP contribution in [0, 0.1) is 0 Å². The van der Waals surface area contributed by atoms with E-state index < -0.39 is 0 Å². The van der Waals surface area contributed by atoms with Crippen LogP contribution in [0.3, 0.4) is 0 Å². The summed E-state index contributed by atoms with van der Waals surface area (Å²) in [5, 5.41) is 6.85. The largest absolute Gasteiger partial charge is 0.378 e. The van der Waals surface area contributed by atoms with Crippen LogP contribution >= 0.6 is 35.3 Å². The Morgan fingerprint density at radius 3 is 2.48 bits per heavy atom. The summed E-state index contributed by atoms with van der Waals surface area (Å²) >= 11 is 1.86. The molecule has 1 aromatic carbocycles. The number of aryl methyl sites for hydroxylation is 1. The molecule has 0 saturated carbocycles. The van der Waals surface area contributed by atoms with Crippen molar-refractivity contribution in [2.75, 3.05) is 38.3 Å². The van der Waals surface area contributed by atoms with E-state index in [1.807, 2.05) is 18.4 Å². The number of aliphatic imine (C=N–C) groups is 1. The number of morpholine rings is 1.